The number of aliphatic hydroxyl groups is 3. The summed E-state index contributed by atoms with van der Waals surface area (Å²) < 4.78 is 22.6. The normalized spacial score (nSPS) is 10.7. The number of aromatic nitrogens is 8. The van der Waals surface area contributed by atoms with Gasteiger partial charge in [-0.15, -0.1) is 35.7 Å². The largest absolute Gasteiger partial charge is 0.508 e. The molecule has 0 saturated heterocycles. The van der Waals surface area contributed by atoms with E-state index in [1.165, 1.54) is 0 Å². The van der Waals surface area contributed by atoms with Crippen molar-refractivity contribution in [2.24, 2.45) is 0 Å². The van der Waals surface area contributed by atoms with Crippen LogP contribution in [0.15, 0.2) is 138 Å². The molecular weight excluding hydrogens is 1920 g/mol. The summed E-state index contributed by atoms with van der Waals surface area (Å²) in [7, 11) is 0. The molecule has 0 radical (unpaired) electrons. The second-order valence-electron chi connectivity index (χ2n) is 22.5. The molecule has 0 aliphatic carbocycles. The van der Waals surface area contributed by atoms with Gasteiger partial charge in [0.2, 0.25) is 17.6 Å². The molecule has 542 valence electrons. The lowest BCUT2D eigenvalue weighted by Gasteiger charge is -2.13. The average Bonchev–Trinajstić information content (AvgIpc) is 0.834. The van der Waals surface area contributed by atoms with Gasteiger partial charge in [-0.2, -0.15) is 0 Å². The first-order valence-electron chi connectivity index (χ1n) is 30.1. The molecule has 4 heterocycles. The minimum atomic E-state index is -0.915. The van der Waals surface area contributed by atoms with Crippen LogP contribution in [-0.4, -0.2) is 108 Å². The number of carboxylic acids is 2. The molecule has 0 fully saturated rings. The zero-order chi connectivity index (χ0) is 75.5. The summed E-state index contributed by atoms with van der Waals surface area (Å²) in [6.07, 6.45) is 1.66. The zero-order valence-electron chi connectivity index (χ0n) is 54.9. The van der Waals surface area contributed by atoms with Crippen molar-refractivity contribution in [3.8, 4) is 46.4 Å². The highest BCUT2D eigenvalue weighted by atomic mass is 79.9. The number of rotatable bonds is 20. The minimum absolute atomic E-state index is 0.0360. The van der Waals surface area contributed by atoms with Crippen molar-refractivity contribution in [1.82, 2.24) is 40.8 Å². The van der Waals surface area contributed by atoms with Crippen molar-refractivity contribution in [2.45, 2.75) is 111 Å². The molecule has 5 aromatic carbocycles. The van der Waals surface area contributed by atoms with Crippen LogP contribution in [0.4, 0.5) is 0 Å². The maximum absolute atomic E-state index is 11.7. The van der Waals surface area contributed by atoms with Crippen molar-refractivity contribution < 1.29 is 59.5 Å². The van der Waals surface area contributed by atoms with Crippen LogP contribution in [0.1, 0.15) is 129 Å². The third-order valence-electron chi connectivity index (χ3n) is 13.3. The molecule has 9 aromatic rings. The van der Waals surface area contributed by atoms with E-state index in [1.54, 1.807) is 84.9 Å². The molecule has 33 heteroatoms. The number of halogens is 12. The van der Waals surface area contributed by atoms with Crippen LogP contribution < -0.4 is 19.8 Å². The number of hydrogen-bond acceptors (Lipinski definition) is 18. The first-order chi connectivity index (χ1) is 47.5. The number of carbonyl (C=O) groups is 2. The standard InChI is InChI=1S/C15H13Br2ClN2O3.C15H15Br2ClN2O2.C15H14Br2N2O4.C8H8Br2O2.C8H10O2.C7H8Cl2N2/c1-7(2)9-6-12(19-20-15(9)18)23-14-10(16)3-8(4-11(14)17)5-13(21)22;1-8(2)10-7-13(19-20-15(10)18)22-14-11(16)5-9(3-4-21)6-12(14)17;1-7(2)9-6-12(18-19-15(9)22)23-14-10(16)3-8(4-11(14)17)5-13(20)21;9-6-3-5(1-2-11)4-7(10)8(6)12;9-6-5-7-1-3-8(10)4-2-7;1-4(2)5-3-6(8)10-11-7(5)9/h3-4,6-7H,5H2,1-2H3,(H,21,22);5-8,21H,3-4H2,1-2H3;3-4,6-7H,5H2,1-2H3,(H,19,22)(H,20,21);3-4,11-12H,1-2H2;1-4,9-10H,5-6H2;3-4H,1-2H3. The minimum Gasteiger partial charge on any atom is -0.508 e. The van der Waals surface area contributed by atoms with Crippen LogP contribution in [0.3, 0.4) is 0 Å². The number of aliphatic carboxylic acids is 2. The number of benzene rings is 5. The van der Waals surface area contributed by atoms with Gasteiger partial charge in [0.25, 0.3) is 5.56 Å². The number of aromatic hydroxyl groups is 2. The monoisotopic (exact) mass is 1980 g/mol. The van der Waals surface area contributed by atoms with Gasteiger partial charge in [-0.05, 0) is 282 Å². The van der Waals surface area contributed by atoms with Crippen LogP contribution in [0.5, 0.6) is 46.4 Å². The van der Waals surface area contributed by atoms with Gasteiger partial charge in [-0.25, -0.2) is 5.10 Å². The summed E-state index contributed by atoms with van der Waals surface area (Å²) in [5.41, 5.74) is 7.28. The molecule has 8 N–H and O–H groups in total. The fourth-order valence-electron chi connectivity index (χ4n) is 8.26. The predicted molar refractivity (Wildman–Crippen MR) is 420 cm³/mol. The highest BCUT2D eigenvalue weighted by Crippen LogP contribution is 2.42. The van der Waals surface area contributed by atoms with Crippen LogP contribution in [0.2, 0.25) is 20.6 Å². The summed E-state index contributed by atoms with van der Waals surface area (Å²) in [6, 6.07) is 27.8. The van der Waals surface area contributed by atoms with Gasteiger partial charge in [0.05, 0.1) is 48.6 Å². The fourth-order valence-corrected chi connectivity index (χ4v) is 15.0. The number of hydrogen-bond donors (Lipinski definition) is 8. The Bertz CT molecular complexity index is 4230. The number of phenols is 2. The van der Waals surface area contributed by atoms with Gasteiger partial charge >= 0.3 is 11.9 Å². The second kappa shape index (κ2) is 44.1. The quantitative estimate of drug-likeness (QED) is 0.0351. The summed E-state index contributed by atoms with van der Waals surface area (Å²) in [5, 5.41) is 93.0. The molecule has 101 heavy (non-hydrogen) atoms. The van der Waals surface area contributed by atoms with Gasteiger partial charge in [0.15, 0.2) is 37.9 Å². The molecule has 0 atom stereocenters. The van der Waals surface area contributed by atoms with Crippen LogP contribution in [0, 0.1) is 0 Å². The number of carboxylic acid groups (broad SMARTS) is 2. The lowest BCUT2D eigenvalue weighted by atomic mass is 10.1. The Hall–Kier alpha value is -4.96. The molecule has 0 saturated carbocycles. The Morgan fingerprint density at radius 1 is 0.416 bits per heavy atom. The molecule has 4 aromatic heterocycles. The molecule has 0 aliphatic rings. The molecule has 0 aliphatic heterocycles. The van der Waals surface area contributed by atoms with E-state index < -0.39 is 11.9 Å². The fraction of sp³-hybridized carbons (Fsp3) is 0.294. The third-order valence-corrected chi connectivity index (χ3v) is 19.1. The smallest absolute Gasteiger partial charge is 0.307 e. The second-order valence-corrected chi connectivity index (χ2v) is 30.8. The lowest BCUT2D eigenvalue weighted by molar-refractivity contribution is -0.137. The van der Waals surface area contributed by atoms with Crippen molar-refractivity contribution in [2.75, 3.05) is 19.8 Å². The SMILES string of the molecule is CC(C)c1cc(Cl)nnc1Cl.CC(C)c1cc(Oc2c(Br)cc(CC(=O)O)cc2Br)n[nH]c1=O.CC(C)c1cc(Oc2c(Br)cc(CC(=O)O)cc2Br)nnc1Cl.CC(C)c1cc(Oc2c(Br)cc(CCO)cc2Br)nnc1Cl.OCCc1cc(Br)c(O)c(Br)c1.OCCc1ccc(O)cc1. The Morgan fingerprint density at radius 3 is 1.06 bits per heavy atom. The summed E-state index contributed by atoms with van der Waals surface area (Å²) in [4.78, 5) is 33.3. The van der Waals surface area contributed by atoms with E-state index in [4.69, 9.17) is 91.3 Å². The molecule has 9 rings (SSSR count). The molecule has 0 unspecified atom stereocenters. The number of H-pyrrole nitrogens is 1. The van der Waals surface area contributed by atoms with Crippen molar-refractivity contribution in [3.63, 3.8) is 0 Å². The number of aliphatic hydroxyl groups excluding tert-OH is 3. The van der Waals surface area contributed by atoms with Crippen molar-refractivity contribution in [3.05, 3.63) is 214 Å². The van der Waals surface area contributed by atoms with Gasteiger partial charge in [0, 0.05) is 43.6 Å². The van der Waals surface area contributed by atoms with E-state index in [9.17, 15) is 19.5 Å². The van der Waals surface area contributed by atoms with E-state index >= 15 is 0 Å². The Kier molecular flexibility index (Phi) is 38.6. The summed E-state index contributed by atoms with van der Waals surface area (Å²) in [5.74, 6) is 1.91. The van der Waals surface area contributed by atoms with Crippen molar-refractivity contribution >= 4 is 186 Å². The Labute approximate surface area is 670 Å². The van der Waals surface area contributed by atoms with Crippen LogP contribution in [0.25, 0.3) is 0 Å². The first-order valence-corrected chi connectivity index (χ1v) is 37.9. The highest BCUT2D eigenvalue weighted by Gasteiger charge is 2.19. The van der Waals surface area contributed by atoms with Crippen LogP contribution >= 0.6 is 174 Å². The van der Waals surface area contributed by atoms with E-state index in [0.717, 1.165) is 42.3 Å². The maximum atomic E-state index is 11.7. The van der Waals surface area contributed by atoms with Crippen LogP contribution in [-0.2, 0) is 41.7 Å². The number of phenolic OH excluding ortho intramolecular Hbond substituents is 2. The van der Waals surface area contributed by atoms with E-state index in [1.807, 2.05) is 67.5 Å². The highest BCUT2D eigenvalue weighted by molar-refractivity contribution is 9.12. The average molecular weight is 1990 g/mol. The molecule has 0 bridgehead atoms. The van der Waals surface area contributed by atoms with E-state index in [-0.39, 0.29) is 73.4 Å². The zero-order valence-corrected chi connectivity index (χ0v) is 70.7. The molecule has 0 amide bonds. The van der Waals surface area contributed by atoms with Gasteiger partial charge in [-0.1, -0.05) is 114 Å². The first kappa shape index (κ1) is 88.4. The van der Waals surface area contributed by atoms with E-state index in [0.29, 0.717) is 118 Å². The van der Waals surface area contributed by atoms with Gasteiger partial charge in [0.1, 0.15) is 11.5 Å². The maximum Gasteiger partial charge on any atom is 0.307 e. The van der Waals surface area contributed by atoms with Crippen molar-refractivity contribution in [1.29, 1.82) is 0 Å². The lowest BCUT2D eigenvalue weighted by Crippen LogP contribution is -2.15. The number of nitrogens with one attached hydrogen (secondary N) is 1. The number of nitrogens with zero attached hydrogens (tertiary/aromatic N) is 7. The third kappa shape index (κ3) is 29.8. The summed E-state index contributed by atoms with van der Waals surface area (Å²) >= 11 is 50.3. The Morgan fingerprint density at radius 2 is 0.723 bits per heavy atom. The predicted octanol–water partition coefficient (Wildman–Crippen LogP) is 20.4. The number of ether oxygens (including phenoxy) is 3. The molecule has 0 spiro atoms. The summed E-state index contributed by atoms with van der Waals surface area (Å²) in [6.45, 7) is 16.3. The van der Waals surface area contributed by atoms with Gasteiger partial charge in [-0.3, -0.25) is 14.4 Å². The van der Waals surface area contributed by atoms with Gasteiger partial charge < -0.3 is 50.0 Å². The molecule has 21 nitrogen and oxygen atoms in total. The van der Waals surface area contributed by atoms with E-state index in [2.05, 4.69) is 168 Å². The molecular formula is C68H68Br8Cl4N8O13. The Balaban J connectivity index is 0.000000265. The number of aromatic amines is 1. The topological polar surface area (TPSA) is 327 Å².